The molecule has 1 saturated heterocycles. The zero-order valence-corrected chi connectivity index (χ0v) is 11.1. The maximum atomic E-state index is 8.69. The molecule has 6 nitrogen and oxygen atoms in total. The first-order valence-electron chi connectivity index (χ1n) is 6.56. The van der Waals surface area contributed by atoms with E-state index in [1.54, 1.807) is 6.07 Å². The second-order valence-corrected chi connectivity index (χ2v) is 4.54. The number of pyridine rings is 1. The monoisotopic (exact) mass is 264 g/mol. The van der Waals surface area contributed by atoms with Crippen molar-refractivity contribution in [2.75, 3.05) is 24.6 Å². The lowest BCUT2D eigenvalue weighted by Crippen LogP contribution is -2.33. The van der Waals surface area contributed by atoms with Gasteiger partial charge in [-0.05, 0) is 31.9 Å². The van der Waals surface area contributed by atoms with Crippen molar-refractivity contribution in [3.63, 3.8) is 0 Å². The Kier molecular flexibility index (Phi) is 4.57. The number of hydrogen-bond donors (Lipinski definition) is 2. The molecule has 1 unspecified atom stereocenters. The lowest BCUT2D eigenvalue weighted by molar-refractivity contribution is 0.115. The Labute approximate surface area is 112 Å². The first-order chi connectivity index (χ1) is 9.24. The maximum Gasteiger partial charge on any atom is 0.188 e. The van der Waals surface area contributed by atoms with Crippen molar-refractivity contribution in [2.24, 2.45) is 10.9 Å². The minimum absolute atomic E-state index is 0.0232. The van der Waals surface area contributed by atoms with E-state index in [2.05, 4.69) is 22.0 Å². The molecular formula is C13H20N4O2. The van der Waals surface area contributed by atoms with Crippen LogP contribution >= 0.6 is 0 Å². The Hall–Kier alpha value is -1.82. The summed E-state index contributed by atoms with van der Waals surface area (Å²) in [5.74, 6) is 0.845. The molecule has 1 fully saturated rings. The number of anilines is 1. The van der Waals surface area contributed by atoms with Crippen LogP contribution in [0.1, 0.15) is 25.5 Å². The van der Waals surface area contributed by atoms with Gasteiger partial charge in [0.1, 0.15) is 11.5 Å². The molecule has 2 rings (SSSR count). The van der Waals surface area contributed by atoms with Gasteiger partial charge in [-0.15, -0.1) is 0 Å². The van der Waals surface area contributed by atoms with Crippen LogP contribution in [0.3, 0.4) is 0 Å². The summed E-state index contributed by atoms with van der Waals surface area (Å²) in [6.07, 6.45) is 2.49. The molecule has 1 atom stereocenters. The van der Waals surface area contributed by atoms with Gasteiger partial charge in [-0.1, -0.05) is 11.2 Å². The summed E-state index contributed by atoms with van der Waals surface area (Å²) in [4.78, 5) is 6.55. The van der Waals surface area contributed by atoms with Crippen molar-refractivity contribution in [3.05, 3.63) is 23.9 Å². The van der Waals surface area contributed by atoms with Crippen LogP contribution in [-0.2, 0) is 4.74 Å². The zero-order chi connectivity index (χ0) is 13.7. The van der Waals surface area contributed by atoms with E-state index < -0.39 is 0 Å². The van der Waals surface area contributed by atoms with Gasteiger partial charge in [0, 0.05) is 19.7 Å². The van der Waals surface area contributed by atoms with Crippen LogP contribution in [0.4, 0.5) is 5.82 Å². The van der Waals surface area contributed by atoms with Crippen molar-refractivity contribution in [2.45, 2.75) is 25.9 Å². The normalized spacial score (nSPS) is 19.6. The number of likely N-dealkylation sites (N-methyl/N-ethyl adjacent to an activating group) is 1. The second-order valence-electron chi connectivity index (χ2n) is 4.54. The highest BCUT2D eigenvalue weighted by Gasteiger charge is 2.19. The molecule has 1 aliphatic heterocycles. The Bertz CT molecular complexity index is 444. The van der Waals surface area contributed by atoms with Crippen LogP contribution in [-0.4, -0.2) is 41.8 Å². The van der Waals surface area contributed by atoms with Crippen LogP contribution in [0.5, 0.6) is 0 Å². The fourth-order valence-corrected chi connectivity index (χ4v) is 2.21. The van der Waals surface area contributed by atoms with Gasteiger partial charge in [0.05, 0.1) is 6.10 Å². The van der Waals surface area contributed by atoms with Crippen molar-refractivity contribution in [3.8, 4) is 0 Å². The number of nitrogens with two attached hydrogens (primary N) is 1. The Balaban J connectivity index is 2.13. The Morgan fingerprint density at radius 1 is 1.63 bits per heavy atom. The third-order valence-electron chi connectivity index (χ3n) is 3.26. The van der Waals surface area contributed by atoms with E-state index in [9.17, 15) is 0 Å². The van der Waals surface area contributed by atoms with Crippen molar-refractivity contribution < 1.29 is 9.94 Å². The summed E-state index contributed by atoms with van der Waals surface area (Å²) in [6, 6.07) is 5.50. The first kappa shape index (κ1) is 13.6. The Morgan fingerprint density at radius 2 is 2.47 bits per heavy atom. The van der Waals surface area contributed by atoms with Crippen LogP contribution < -0.4 is 10.6 Å². The molecule has 0 aliphatic carbocycles. The molecule has 0 radical (unpaired) electrons. The summed E-state index contributed by atoms with van der Waals surface area (Å²) in [5.41, 5.74) is 6.04. The van der Waals surface area contributed by atoms with E-state index in [1.165, 1.54) is 0 Å². The predicted molar refractivity (Wildman–Crippen MR) is 73.6 cm³/mol. The van der Waals surface area contributed by atoms with Gasteiger partial charge in [0.25, 0.3) is 0 Å². The van der Waals surface area contributed by atoms with Gasteiger partial charge in [-0.25, -0.2) is 4.98 Å². The molecule has 0 aromatic carbocycles. The lowest BCUT2D eigenvalue weighted by Gasteiger charge is -2.25. The molecule has 3 N–H and O–H groups in total. The van der Waals surface area contributed by atoms with Gasteiger partial charge in [0.15, 0.2) is 5.84 Å². The van der Waals surface area contributed by atoms with Crippen molar-refractivity contribution in [1.29, 1.82) is 0 Å². The summed E-state index contributed by atoms with van der Waals surface area (Å²) in [7, 11) is 0. The molecule has 0 saturated carbocycles. The van der Waals surface area contributed by atoms with Crippen molar-refractivity contribution >= 4 is 11.7 Å². The number of hydrogen-bond acceptors (Lipinski definition) is 5. The zero-order valence-electron chi connectivity index (χ0n) is 11.1. The van der Waals surface area contributed by atoms with E-state index in [0.717, 1.165) is 38.4 Å². The maximum absolute atomic E-state index is 8.69. The lowest BCUT2D eigenvalue weighted by atomic mass is 10.2. The average molecular weight is 264 g/mol. The number of ether oxygens (including phenoxy) is 1. The average Bonchev–Trinajstić information content (AvgIpc) is 2.97. The van der Waals surface area contributed by atoms with E-state index in [0.29, 0.717) is 5.69 Å². The van der Waals surface area contributed by atoms with E-state index in [1.807, 2.05) is 12.1 Å². The van der Waals surface area contributed by atoms with E-state index >= 15 is 0 Å². The molecule has 19 heavy (non-hydrogen) atoms. The second kappa shape index (κ2) is 6.38. The summed E-state index contributed by atoms with van der Waals surface area (Å²) < 4.78 is 5.65. The number of nitrogens with zero attached hydrogens (tertiary/aromatic N) is 3. The quantitative estimate of drug-likeness (QED) is 0.361. The van der Waals surface area contributed by atoms with Crippen LogP contribution in [0.15, 0.2) is 23.4 Å². The van der Waals surface area contributed by atoms with Crippen molar-refractivity contribution in [1.82, 2.24) is 4.98 Å². The summed E-state index contributed by atoms with van der Waals surface area (Å²) >= 11 is 0. The molecule has 0 bridgehead atoms. The van der Waals surface area contributed by atoms with Gasteiger partial charge in [-0.2, -0.15) is 0 Å². The SMILES string of the molecule is CCN(CC1CCCO1)c1cccc(C(N)=NO)n1. The van der Waals surface area contributed by atoms with Crippen LogP contribution in [0, 0.1) is 0 Å². The van der Waals surface area contributed by atoms with Gasteiger partial charge in [-0.3, -0.25) is 0 Å². The topological polar surface area (TPSA) is 84.0 Å². The minimum atomic E-state index is 0.0232. The molecule has 1 aromatic rings. The van der Waals surface area contributed by atoms with E-state index in [-0.39, 0.29) is 11.9 Å². The highest BCUT2D eigenvalue weighted by molar-refractivity contribution is 5.95. The summed E-state index contributed by atoms with van der Waals surface area (Å²) in [5, 5.41) is 11.7. The van der Waals surface area contributed by atoms with Gasteiger partial charge >= 0.3 is 0 Å². The molecule has 2 heterocycles. The fraction of sp³-hybridized carbons (Fsp3) is 0.538. The number of rotatable bonds is 5. The van der Waals surface area contributed by atoms with Gasteiger partial charge in [0.2, 0.25) is 0 Å². The highest BCUT2D eigenvalue weighted by Crippen LogP contribution is 2.17. The molecule has 0 amide bonds. The molecule has 0 spiro atoms. The first-order valence-corrected chi connectivity index (χ1v) is 6.56. The number of oxime groups is 1. The highest BCUT2D eigenvalue weighted by atomic mass is 16.5. The molecular weight excluding hydrogens is 244 g/mol. The van der Waals surface area contributed by atoms with Gasteiger partial charge < -0.3 is 20.6 Å². The smallest absolute Gasteiger partial charge is 0.188 e. The van der Waals surface area contributed by atoms with Crippen LogP contribution in [0.25, 0.3) is 0 Å². The number of amidine groups is 1. The molecule has 6 heteroatoms. The number of aromatic nitrogens is 1. The molecule has 1 aliphatic rings. The molecule has 1 aromatic heterocycles. The van der Waals surface area contributed by atoms with Crippen LogP contribution in [0.2, 0.25) is 0 Å². The summed E-state index contributed by atoms with van der Waals surface area (Å²) in [6.45, 7) is 4.59. The largest absolute Gasteiger partial charge is 0.409 e. The third-order valence-corrected chi connectivity index (χ3v) is 3.26. The standard InChI is InChI=1S/C13H20N4O2/c1-2-17(9-10-5-4-8-19-10)12-7-3-6-11(15-12)13(14)16-18/h3,6-7,10,18H,2,4-5,8-9H2,1H3,(H2,14,16). The fourth-order valence-electron chi connectivity index (χ4n) is 2.21. The van der Waals surface area contributed by atoms with E-state index in [4.69, 9.17) is 15.7 Å². The Morgan fingerprint density at radius 3 is 3.11 bits per heavy atom. The third kappa shape index (κ3) is 3.35. The predicted octanol–water partition coefficient (Wildman–Crippen LogP) is 1.18. The molecule has 104 valence electrons. The minimum Gasteiger partial charge on any atom is -0.409 e.